The number of pyridine rings is 1. The van der Waals surface area contributed by atoms with Crippen molar-refractivity contribution in [3.8, 4) is 11.4 Å². The van der Waals surface area contributed by atoms with Gasteiger partial charge in [-0.15, -0.1) is 0 Å². The molecule has 0 aliphatic carbocycles. The first-order valence-corrected chi connectivity index (χ1v) is 18.7. The van der Waals surface area contributed by atoms with Crippen molar-refractivity contribution in [3.05, 3.63) is 59.9 Å². The molecule has 0 fully saturated rings. The molecule has 3 rings (SSSR count). The fourth-order valence-electron chi connectivity index (χ4n) is 3.94. The summed E-state index contributed by atoms with van der Waals surface area (Å²) in [5.41, 5.74) is -0.148. The van der Waals surface area contributed by atoms with E-state index in [1.165, 1.54) is 16.0 Å². The molecule has 2 aromatic heterocycles. The molecule has 10 nitrogen and oxygen atoms in total. The van der Waals surface area contributed by atoms with E-state index in [4.69, 9.17) is 35.5 Å². The maximum absolute atomic E-state index is 13.4. The summed E-state index contributed by atoms with van der Waals surface area (Å²) in [5, 5.41) is 0.524. The molecule has 250 valence electrons. The van der Waals surface area contributed by atoms with E-state index in [9.17, 15) is 9.59 Å². The van der Waals surface area contributed by atoms with Crippen molar-refractivity contribution in [1.29, 1.82) is 0 Å². The Balaban J connectivity index is 1.97. The fourth-order valence-corrected chi connectivity index (χ4v) is 5.21. The summed E-state index contributed by atoms with van der Waals surface area (Å²) in [6, 6.07) is 12.1. The number of halogens is 1. The minimum Gasteiger partial charge on any atom is -0.443 e. The quantitative estimate of drug-likeness (QED) is 0.164. The van der Waals surface area contributed by atoms with Gasteiger partial charge in [-0.1, -0.05) is 44.5 Å². The largest absolute Gasteiger partial charge is 0.443 e. The first kappa shape index (κ1) is 36.9. The maximum Gasteiger partial charge on any atom is 0.420 e. The van der Waals surface area contributed by atoms with Crippen molar-refractivity contribution < 1.29 is 23.5 Å². The zero-order chi connectivity index (χ0) is 34.5. The van der Waals surface area contributed by atoms with E-state index >= 15 is 0 Å². The van der Waals surface area contributed by atoms with Crippen LogP contribution in [0.4, 0.5) is 26.9 Å². The van der Waals surface area contributed by atoms with E-state index in [-0.39, 0.29) is 10.9 Å². The van der Waals surface area contributed by atoms with Crippen LogP contribution in [-0.2, 0) is 13.9 Å². The van der Waals surface area contributed by atoms with E-state index in [1.807, 2.05) is 20.8 Å². The maximum atomic E-state index is 13.4. The predicted molar refractivity (Wildman–Crippen MR) is 186 cm³/mol. The number of anilines is 3. The molecule has 0 aliphatic heterocycles. The van der Waals surface area contributed by atoms with Crippen molar-refractivity contribution in [3.63, 3.8) is 0 Å². The second-order valence-corrected chi connectivity index (χ2v) is 19.8. The van der Waals surface area contributed by atoms with Crippen LogP contribution >= 0.6 is 11.6 Å². The van der Waals surface area contributed by atoms with Crippen LogP contribution in [0.25, 0.3) is 11.4 Å². The van der Waals surface area contributed by atoms with Gasteiger partial charge in [-0.2, -0.15) is 0 Å². The molecule has 46 heavy (non-hydrogen) atoms. The number of hydrogen-bond donors (Lipinski definition) is 0. The van der Waals surface area contributed by atoms with Gasteiger partial charge in [0.05, 0.1) is 23.8 Å². The zero-order valence-corrected chi connectivity index (χ0v) is 30.7. The lowest BCUT2D eigenvalue weighted by Crippen LogP contribution is -2.42. The molecular formula is C34H48ClN5O5Si. The molecule has 0 radical (unpaired) electrons. The molecule has 2 heterocycles. The van der Waals surface area contributed by atoms with Crippen LogP contribution in [0.1, 0.15) is 68.7 Å². The molecule has 3 aromatic rings. The highest BCUT2D eigenvalue weighted by atomic mass is 35.5. The van der Waals surface area contributed by atoms with Crippen molar-refractivity contribution in [2.24, 2.45) is 0 Å². The van der Waals surface area contributed by atoms with Gasteiger partial charge in [0.25, 0.3) is 0 Å². The summed E-state index contributed by atoms with van der Waals surface area (Å²) in [6.45, 7) is 22.7. The predicted octanol–water partition coefficient (Wildman–Crippen LogP) is 9.42. The lowest BCUT2D eigenvalue weighted by atomic mass is 10.2. The monoisotopic (exact) mass is 669 g/mol. The highest BCUT2D eigenvalue weighted by molar-refractivity contribution is 6.74. The molecule has 0 aliphatic rings. The summed E-state index contributed by atoms with van der Waals surface area (Å²) >= 11 is 6.27. The van der Waals surface area contributed by atoms with Crippen LogP contribution in [0.5, 0.6) is 0 Å². The Morgan fingerprint density at radius 2 is 1.41 bits per heavy atom. The Hall–Kier alpha value is -3.54. The molecule has 0 N–H and O–H groups in total. The van der Waals surface area contributed by atoms with Gasteiger partial charge in [-0.25, -0.2) is 24.5 Å². The Morgan fingerprint density at radius 3 is 2.02 bits per heavy atom. The molecule has 0 atom stereocenters. The van der Waals surface area contributed by atoms with E-state index in [0.29, 0.717) is 47.5 Å². The van der Waals surface area contributed by atoms with Crippen molar-refractivity contribution in [2.75, 3.05) is 23.0 Å². The second-order valence-electron chi connectivity index (χ2n) is 14.5. The lowest BCUT2D eigenvalue weighted by Gasteiger charge is -2.36. The molecule has 0 saturated heterocycles. The first-order chi connectivity index (χ1) is 21.2. The van der Waals surface area contributed by atoms with Crippen LogP contribution in [-0.4, -0.2) is 59.8 Å². The van der Waals surface area contributed by atoms with Crippen molar-refractivity contribution >= 4 is 49.4 Å². The third kappa shape index (κ3) is 10.5. The highest BCUT2D eigenvalue weighted by Gasteiger charge is 2.37. The number of aromatic nitrogens is 3. The number of ether oxygens (including phenoxy) is 2. The minimum absolute atomic E-state index is 0.0785. The Kier molecular flexibility index (Phi) is 11.6. The Morgan fingerprint density at radius 1 is 0.804 bits per heavy atom. The van der Waals surface area contributed by atoms with Gasteiger partial charge in [0, 0.05) is 18.2 Å². The van der Waals surface area contributed by atoms with Gasteiger partial charge >= 0.3 is 12.2 Å². The third-order valence-electron chi connectivity index (χ3n) is 7.18. The summed E-state index contributed by atoms with van der Waals surface area (Å²) in [4.78, 5) is 43.5. The number of benzene rings is 1. The van der Waals surface area contributed by atoms with Gasteiger partial charge in [-0.05, 0) is 96.4 Å². The van der Waals surface area contributed by atoms with Gasteiger partial charge in [0.15, 0.2) is 14.1 Å². The van der Waals surface area contributed by atoms with Gasteiger partial charge < -0.3 is 13.9 Å². The summed E-state index contributed by atoms with van der Waals surface area (Å²) in [5.74, 6) is 0.609. The number of rotatable bonds is 9. The number of carbonyl (C=O) groups is 2. The van der Waals surface area contributed by atoms with Crippen LogP contribution < -0.4 is 9.80 Å². The standard InChI is InChI=1S/C34H48ClN5O5Si/c1-32(2,3)44-30(41)39(19-14-20-43-46(10,11)34(7,8)9)28-18-13-17-26(37-28)27-22-36-23-29(38-27)40(31(42)45-33(4,5)6)25-16-12-15-24(35)21-25/h12-13,15-18,21-23H,14,19-20H2,1-11H3. The van der Waals surface area contributed by atoms with Crippen LogP contribution in [0, 0.1) is 0 Å². The van der Waals surface area contributed by atoms with Crippen molar-refractivity contribution in [1.82, 2.24) is 15.0 Å². The molecule has 12 heteroatoms. The normalized spacial score (nSPS) is 12.4. The lowest BCUT2D eigenvalue weighted by molar-refractivity contribution is 0.0572. The van der Waals surface area contributed by atoms with Crippen LogP contribution in [0.15, 0.2) is 54.9 Å². The van der Waals surface area contributed by atoms with Gasteiger partial charge in [0.2, 0.25) is 0 Å². The number of nitrogens with zero attached hydrogens (tertiary/aromatic N) is 5. The average molecular weight is 670 g/mol. The molecule has 1 aromatic carbocycles. The Labute approximate surface area is 279 Å². The molecule has 0 unspecified atom stereocenters. The molecule has 0 bridgehead atoms. The summed E-state index contributed by atoms with van der Waals surface area (Å²) in [6.07, 6.45) is 2.46. The van der Waals surface area contributed by atoms with E-state index in [0.717, 1.165) is 0 Å². The van der Waals surface area contributed by atoms with Crippen LogP contribution in [0.3, 0.4) is 0 Å². The van der Waals surface area contributed by atoms with E-state index in [2.05, 4.69) is 38.8 Å². The van der Waals surface area contributed by atoms with Crippen molar-refractivity contribution in [2.45, 2.75) is 98.1 Å². The average Bonchev–Trinajstić information content (AvgIpc) is 2.91. The molecule has 0 spiro atoms. The number of amides is 2. The molecule has 2 amide bonds. The van der Waals surface area contributed by atoms with Gasteiger partial charge in [-0.3, -0.25) is 9.88 Å². The minimum atomic E-state index is -1.95. The number of carbonyl (C=O) groups excluding carboxylic acids is 2. The molecular weight excluding hydrogens is 622 g/mol. The highest BCUT2D eigenvalue weighted by Crippen LogP contribution is 2.36. The Bertz CT molecular complexity index is 1510. The van der Waals surface area contributed by atoms with Crippen LogP contribution in [0.2, 0.25) is 23.2 Å². The smallest absolute Gasteiger partial charge is 0.420 e. The second kappa shape index (κ2) is 14.5. The van der Waals surface area contributed by atoms with E-state index < -0.39 is 31.7 Å². The molecule has 0 saturated carbocycles. The summed E-state index contributed by atoms with van der Waals surface area (Å²) < 4.78 is 17.8. The first-order valence-electron chi connectivity index (χ1n) is 15.4. The summed E-state index contributed by atoms with van der Waals surface area (Å²) in [7, 11) is -1.95. The van der Waals surface area contributed by atoms with E-state index in [1.54, 1.807) is 69.4 Å². The van der Waals surface area contributed by atoms with Gasteiger partial charge in [0.1, 0.15) is 22.7 Å². The zero-order valence-electron chi connectivity index (χ0n) is 29.0. The topological polar surface area (TPSA) is 107 Å². The SMILES string of the molecule is CC(C)(C)OC(=O)N(CCCO[Si](C)(C)C(C)(C)C)c1cccc(-c2cncc(N(C(=O)OC(C)(C)C)c3cccc(Cl)c3)n2)n1. The third-order valence-corrected chi connectivity index (χ3v) is 11.9. The number of hydrogen-bond acceptors (Lipinski definition) is 8. The fraction of sp³-hybridized carbons (Fsp3) is 0.500.